The molecule has 152 valence electrons. The second-order valence-corrected chi connectivity index (χ2v) is 8.51. The number of nitrogens with zero attached hydrogens (tertiary/aromatic N) is 3. The topological polar surface area (TPSA) is 67.3 Å². The summed E-state index contributed by atoms with van der Waals surface area (Å²) < 4.78 is 9.81. The molecular formula is C21H30N4O2S. The number of ether oxygens (including phenoxy) is 1. The van der Waals surface area contributed by atoms with Crippen LogP contribution in [-0.2, 0) is 11.2 Å². The van der Waals surface area contributed by atoms with Crippen molar-refractivity contribution in [3.05, 3.63) is 35.7 Å². The molecule has 1 aromatic carbocycles. The van der Waals surface area contributed by atoms with Crippen molar-refractivity contribution in [3.63, 3.8) is 0 Å². The van der Waals surface area contributed by atoms with Gasteiger partial charge in [-0.2, -0.15) is 4.37 Å². The second kappa shape index (κ2) is 9.87. The van der Waals surface area contributed by atoms with E-state index in [4.69, 9.17) is 9.72 Å². The van der Waals surface area contributed by atoms with Crippen LogP contribution in [-0.4, -0.2) is 42.0 Å². The Hall–Kier alpha value is -2.15. The highest BCUT2D eigenvalue weighted by atomic mass is 32.1. The van der Waals surface area contributed by atoms with Crippen LogP contribution in [0.2, 0.25) is 0 Å². The number of piperidine rings is 1. The minimum Gasteiger partial charge on any atom is -0.497 e. The Morgan fingerprint density at radius 3 is 3.07 bits per heavy atom. The van der Waals surface area contributed by atoms with Crippen LogP contribution in [0.5, 0.6) is 5.75 Å². The minimum atomic E-state index is 0.0339. The maximum absolute atomic E-state index is 12.5. The van der Waals surface area contributed by atoms with Crippen molar-refractivity contribution >= 4 is 22.6 Å². The molecule has 1 aromatic heterocycles. The summed E-state index contributed by atoms with van der Waals surface area (Å²) in [6.07, 6.45) is 3.65. The lowest BCUT2D eigenvalue weighted by Gasteiger charge is -2.31. The second-order valence-electron chi connectivity index (χ2n) is 7.78. The molecule has 1 aliphatic heterocycles. The minimum absolute atomic E-state index is 0.0339. The third-order valence-electron chi connectivity index (χ3n) is 5.04. The van der Waals surface area contributed by atoms with Crippen LogP contribution >= 0.6 is 11.5 Å². The van der Waals surface area contributed by atoms with Gasteiger partial charge in [0.2, 0.25) is 11.0 Å². The fourth-order valence-corrected chi connectivity index (χ4v) is 4.12. The molecule has 0 aliphatic carbocycles. The number of benzene rings is 1. The van der Waals surface area contributed by atoms with Crippen molar-refractivity contribution in [2.45, 2.75) is 39.5 Å². The van der Waals surface area contributed by atoms with Crippen LogP contribution in [0.15, 0.2) is 24.3 Å². The van der Waals surface area contributed by atoms with Crippen LogP contribution in [0.4, 0.5) is 5.13 Å². The number of carbonyl (C=O) groups excluding carboxylic acids is 1. The van der Waals surface area contributed by atoms with Crippen molar-refractivity contribution in [2.24, 2.45) is 11.8 Å². The summed E-state index contributed by atoms with van der Waals surface area (Å²) in [6.45, 7) is 6.77. The summed E-state index contributed by atoms with van der Waals surface area (Å²) in [5, 5.41) is 4.01. The van der Waals surface area contributed by atoms with Gasteiger partial charge in [0.25, 0.3) is 0 Å². The smallest absolute Gasteiger partial charge is 0.224 e. The van der Waals surface area contributed by atoms with Crippen LogP contribution in [0.1, 0.15) is 44.5 Å². The Bertz CT molecular complexity index is 777. The predicted octanol–water partition coefficient (Wildman–Crippen LogP) is 3.52. The molecular weight excluding hydrogens is 372 g/mol. The highest BCUT2D eigenvalue weighted by molar-refractivity contribution is 7.09. The molecule has 7 heteroatoms. The molecule has 2 aromatic rings. The van der Waals surface area contributed by atoms with Crippen molar-refractivity contribution in [2.75, 3.05) is 31.6 Å². The molecule has 28 heavy (non-hydrogen) atoms. The van der Waals surface area contributed by atoms with E-state index in [0.29, 0.717) is 12.3 Å². The Morgan fingerprint density at radius 2 is 2.29 bits per heavy atom. The zero-order valence-electron chi connectivity index (χ0n) is 17.0. The van der Waals surface area contributed by atoms with Gasteiger partial charge in [0, 0.05) is 37.6 Å². The number of nitrogens with one attached hydrogen (secondary N) is 1. The van der Waals surface area contributed by atoms with E-state index in [1.165, 1.54) is 11.5 Å². The first kappa shape index (κ1) is 20.6. The number of carbonyl (C=O) groups is 1. The van der Waals surface area contributed by atoms with E-state index in [1.807, 2.05) is 18.2 Å². The van der Waals surface area contributed by atoms with Crippen LogP contribution < -0.4 is 15.0 Å². The molecule has 1 atom stereocenters. The molecule has 1 saturated heterocycles. The largest absolute Gasteiger partial charge is 0.497 e. The molecule has 6 nitrogen and oxygen atoms in total. The summed E-state index contributed by atoms with van der Waals surface area (Å²) in [5.41, 5.74) is 1.13. The SMILES string of the molecule is COc1cccc(Cc2nsc(N3CCC[C@@H](C(=O)NCCC(C)C)C3)n2)c1. The van der Waals surface area contributed by atoms with Gasteiger partial charge in [0.15, 0.2) is 0 Å². The van der Waals surface area contributed by atoms with Gasteiger partial charge < -0.3 is 15.0 Å². The first-order valence-corrected chi connectivity index (χ1v) is 10.8. The molecule has 2 heterocycles. The van der Waals surface area contributed by atoms with E-state index in [9.17, 15) is 4.79 Å². The van der Waals surface area contributed by atoms with Crippen molar-refractivity contribution in [1.29, 1.82) is 0 Å². The van der Waals surface area contributed by atoms with E-state index in [2.05, 4.69) is 34.5 Å². The zero-order chi connectivity index (χ0) is 19.9. The summed E-state index contributed by atoms with van der Waals surface area (Å²) in [7, 11) is 1.67. The van der Waals surface area contributed by atoms with E-state index in [0.717, 1.165) is 61.2 Å². The lowest BCUT2D eigenvalue weighted by molar-refractivity contribution is -0.125. The Morgan fingerprint density at radius 1 is 1.43 bits per heavy atom. The number of methoxy groups -OCH3 is 1. The van der Waals surface area contributed by atoms with Gasteiger partial charge in [-0.1, -0.05) is 26.0 Å². The number of aromatic nitrogens is 2. The normalized spacial score (nSPS) is 17.0. The molecule has 0 saturated carbocycles. The monoisotopic (exact) mass is 402 g/mol. The molecule has 1 amide bonds. The van der Waals surface area contributed by atoms with Gasteiger partial charge in [-0.3, -0.25) is 4.79 Å². The third-order valence-corrected chi connectivity index (χ3v) is 5.85. The summed E-state index contributed by atoms with van der Waals surface area (Å²) in [5.74, 6) is 2.47. The van der Waals surface area contributed by atoms with Gasteiger partial charge in [-0.05, 0) is 42.9 Å². The first-order chi connectivity index (χ1) is 13.5. The predicted molar refractivity (Wildman–Crippen MR) is 113 cm³/mol. The van der Waals surface area contributed by atoms with E-state index in [1.54, 1.807) is 7.11 Å². The van der Waals surface area contributed by atoms with Gasteiger partial charge in [-0.25, -0.2) is 4.98 Å². The molecule has 0 radical (unpaired) electrons. The molecule has 0 spiro atoms. The Labute approximate surface area is 171 Å². The quantitative estimate of drug-likeness (QED) is 0.732. The fraction of sp³-hybridized carbons (Fsp3) is 0.571. The molecule has 1 fully saturated rings. The maximum atomic E-state index is 12.5. The van der Waals surface area contributed by atoms with Gasteiger partial charge in [-0.15, -0.1) is 0 Å². The standard InChI is InChI=1S/C21H30N4O2S/c1-15(2)9-10-22-20(26)17-7-5-11-25(14-17)21-23-19(24-28-21)13-16-6-4-8-18(12-16)27-3/h4,6,8,12,15,17H,5,7,9-11,13-14H2,1-3H3,(H,22,26)/t17-/m1/s1. The number of anilines is 1. The Balaban J connectivity index is 1.57. The van der Waals surface area contributed by atoms with Crippen molar-refractivity contribution in [1.82, 2.24) is 14.7 Å². The van der Waals surface area contributed by atoms with E-state index < -0.39 is 0 Å². The Kier molecular flexibility index (Phi) is 7.25. The highest BCUT2D eigenvalue weighted by Gasteiger charge is 2.27. The van der Waals surface area contributed by atoms with Crippen LogP contribution in [0.3, 0.4) is 0 Å². The summed E-state index contributed by atoms with van der Waals surface area (Å²) in [6, 6.07) is 7.98. The molecule has 1 aliphatic rings. The van der Waals surface area contributed by atoms with E-state index >= 15 is 0 Å². The number of rotatable bonds is 8. The molecule has 3 rings (SSSR count). The average molecular weight is 403 g/mol. The van der Waals surface area contributed by atoms with Crippen LogP contribution in [0, 0.1) is 11.8 Å². The summed E-state index contributed by atoms with van der Waals surface area (Å²) >= 11 is 1.42. The lowest BCUT2D eigenvalue weighted by Crippen LogP contribution is -2.43. The number of hydrogen-bond donors (Lipinski definition) is 1. The lowest BCUT2D eigenvalue weighted by atomic mass is 9.97. The summed E-state index contributed by atoms with van der Waals surface area (Å²) in [4.78, 5) is 19.4. The molecule has 0 unspecified atom stereocenters. The van der Waals surface area contributed by atoms with Gasteiger partial charge in [0.1, 0.15) is 11.6 Å². The maximum Gasteiger partial charge on any atom is 0.224 e. The number of amides is 1. The van der Waals surface area contributed by atoms with Crippen LogP contribution in [0.25, 0.3) is 0 Å². The molecule has 1 N–H and O–H groups in total. The fourth-order valence-electron chi connectivity index (χ4n) is 3.40. The zero-order valence-corrected chi connectivity index (χ0v) is 17.8. The third kappa shape index (κ3) is 5.67. The van der Waals surface area contributed by atoms with Crippen molar-refractivity contribution < 1.29 is 9.53 Å². The number of hydrogen-bond acceptors (Lipinski definition) is 6. The van der Waals surface area contributed by atoms with Crippen molar-refractivity contribution in [3.8, 4) is 5.75 Å². The first-order valence-electron chi connectivity index (χ1n) is 10.0. The van der Waals surface area contributed by atoms with Gasteiger partial charge >= 0.3 is 0 Å². The van der Waals surface area contributed by atoms with E-state index in [-0.39, 0.29) is 11.8 Å². The molecule has 0 bridgehead atoms. The van der Waals surface area contributed by atoms with Gasteiger partial charge in [0.05, 0.1) is 13.0 Å². The highest BCUT2D eigenvalue weighted by Crippen LogP contribution is 2.26. The average Bonchev–Trinajstić information content (AvgIpc) is 3.16.